The summed E-state index contributed by atoms with van der Waals surface area (Å²) in [6, 6.07) is 12.1. The van der Waals surface area contributed by atoms with Crippen LogP contribution in [0, 0.1) is 5.82 Å². The first-order chi connectivity index (χ1) is 14.5. The Bertz CT molecular complexity index is 1220. The molecule has 4 rings (SSSR count). The molecule has 3 heterocycles. The Labute approximate surface area is 174 Å². The monoisotopic (exact) mass is 405 g/mol. The molecule has 0 fully saturated rings. The molecular formula is C23H24FN5O. The van der Waals surface area contributed by atoms with Gasteiger partial charge in [-0.1, -0.05) is 6.07 Å². The predicted octanol–water partition coefficient (Wildman–Crippen LogP) is 3.57. The molecule has 30 heavy (non-hydrogen) atoms. The summed E-state index contributed by atoms with van der Waals surface area (Å²) in [5, 5.41) is 1.72. The molecule has 0 aliphatic rings. The standard InChI is InChI=1S/C23H24FN5O/c1-28(2)12-5-13-29(15-17-6-3-4-10-25-17)22-18-8-7-16(24)14-19(18)21-20(27-22)9-11-26-23(21)30/h3-4,6-11,14H,5,12-13,15H2,1-2H3,(H,26,30). The lowest BCUT2D eigenvalue weighted by Gasteiger charge is -2.26. The van der Waals surface area contributed by atoms with Crippen molar-refractivity contribution in [1.29, 1.82) is 0 Å². The summed E-state index contributed by atoms with van der Waals surface area (Å²) in [6.45, 7) is 2.25. The van der Waals surface area contributed by atoms with E-state index in [1.807, 2.05) is 32.3 Å². The van der Waals surface area contributed by atoms with E-state index in [4.69, 9.17) is 4.98 Å². The van der Waals surface area contributed by atoms with Crippen LogP contribution >= 0.6 is 0 Å². The molecule has 0 saturated carbocycles. The molecule has 0 amide bonds. The highest BCUT2D eigenvalue weighted by Gasteiger charge is 2.17. The highest BCUT2D eigenvalue weighted by Crippen LogP contribution is 2.31. The van der Waals surface area contributed by atoms with E-state index in [0.29, 0.717) is 22.8 Å². The Morgan fingerprint density at radius 3 is 2.70 bits per heavy atom. The van der Waals surface area contributed by atoms with Gasteiger partial charge in [-0.3, -0.25) is 9.78 Å². The minimum absolute atomic E-state index is 0.272. The molecule has 0 aliphatic carbocycles. The van der Waals surface area contributed by atoms with Crippen LogP contribution in [0.3, 0.4) is 0 Å². The molecule has 154 valence electrons. The number of nitrogens with zero attached hydrogens (tertiary/aromatic N) is 4. The van der Waals surface area contributed by atoms with Crippen molar-refractivity contribution in [2.75, 3.05) is 32.1 Å². The lowest BCUT2D eigenvalue weighted by molar-refractivity contribution is 0.400. The maximum absolute atomic E-state index is 14.1. The summed E-state index contributed by atoms with van der Waals surface area (Å²) in [6.07, 6.45) is 4.27. The van der Waals surface area contributed by atoms with Gasteiger partial charge < -0.3 is 14.8 Å². The van der Waals surface area contributed by atoms with Gasteiger partial charge >= 0.3 is 0 Å². The quantitative estimate of drug-likeness (QED) is 0.476. The maximum atomic E-state index is 14.1. The van der Waals surface area contributed by atoms with Crippen molar-refractivity contribution < 1.29 is 4.39 Å². The summed E-state index contributed by atoms with van der Waals surface area (Å²) in [5.41, 5.74) is 1.20. The van der Waals surface area contributed by atoms with E-state index >= 15 is 0 Å². The second kappa shape index (κ2) is 8.59. The molecule has 0 spiro atoms. The Balaban J connectivity index is 1.87. The van der Waals surface area contributed by atoms with Crippen LogP contribution < -0.4 is 10.5 Å². The van der Waals surface area contributed by atoms with Gasteiger partial charge in [0.15, 0.2) is 0 Å². The van der Waals surface area contributed by atoms with Gasteiger partial charge in [-0.2, -0.15) is 0 Å². The first kappa shape index (κ1) is 20.0. The Morgan fingerprint density at radius 2 is 1.93 bits per heavy atom. The van der Waals surface area contributed by atoms with Crippen LogP contribution in [0.15, 0.2) is 59.7 Å². The number of hydrogen-bond acceptors (Lipinski definition) is 5. The van der Waals surface area contributed by atoms with Gasteiger partial charge in [-0.05, 0) is 63.5 Å². The summed E-state index contributed by atoms with van der Waals surface area (Å²) in [7, 11) is 4.09. The second-order valence-electron chi connectivity index (χ2n) is 7.59. The average molecular weight is 405 g/mol. The van der Waals surface area contributed by atoms with Crippen LogP contribution in [0.25, 0.3) is 21.7 Å². The van der Waals surface area contributed by atoms with Crippen LogP contribution in [0.4, 0.5) is 10.2 Å². The van der Waals surface area contributed by atoms with Crippen molar-refractivity contribution in [1.82, 2.24) is 19.9 Å². The first-order valence-electron chi connectivity index (χ1n) is 9.93. The molecule has 3 aromatic heterocycles. The number of rotatable bonds is 7. The smallest absolute Gasteiger partial charge is 0.258 e. The molecule has 0 radical (unpaired) electrons. The van der Waals surface area contributed by atoms with E-state index < -0.39 is 0 Å². The Kier molecular flexibility index (Phi) is 5.72. The molecular weight excluding hydrogens is 381 g/mol. The minimum Gasteiger partial charge on any atom is -0.350 e. The zero-order chi connectivity index (χ0) is 21.1. The van der Waals surface area contributed by atoms with Crippen molar-refractivity contribution >= 4 is 27.5 Å². The average Bonchev–Trinajstić information content (AvgIpc) is 2.73. The van der Waals surface area contributed by atoms with Crippen LogP contribution in [-0.2, 0) is 6.54 Å². The Morgan fingerprint density at radius 1 is 1.07 bits per heavy atom. The number of anilines is 1. The lowest BCUT2D eigenvalue weighted by Crippen LogP contribution is -2.28. The fourth-order valence-corrected chi connectivity index (χ4v) is 3.68. The zero-order valence-corrected chi connectivity index (χ0v) is 17.1. The second-order valence-corrected chi connectivity index (χ2v) is 7.59. The molecule has 1 N–H and O–H groups in total. The van der Waals surface area contributed by atoms with Gasteiger partial charge in [-0.25, -0.2) is 9.37 Å². The van der Waals surface area contributed by atoms with Crippen LogP contribution in [0.5, 0.6) is 0 Å². The fourth-order valence-electron chi connectivity index (χ4n) is 3.68. The van der Waals surface area contributed by atoms with Crippen molar-refractivity contribution in [3.05, 3.63) is 76.7 Å². The Hall–Kier alpha value is -3.32. The molecule has 0 bridgehead atoms. The normalized spacial score (nSPS) is 11.5. The number of aromatic nitrogens is 3. The van der Waals surface area contributed by atoms with E-state index in [0.717, 1.165) is 36.4 Å². The van der Waals surface area contributed by atoms with Crippen LogP contribution in [-0.4, -0.2) is 47.0 Å². The number of benzene rings is 1. The summed E-state index contributed by atoms with van der Waals surface area (Å²) in [4.78, 5) is 28.7. The number of H-pyrrole nitrogens is 1. The van der Waals surface area contributed by atoms with E-state index in [-0.39, 0.29) is 11.4 Å². The van der Waals surface area contributed by atoms with Crippen molar-refractivity contribution in [2.45, 2.75) is 13.0 Å². The predicted molar refractivity (Wildman–Crippen MR) is 118 cm³/mol. The molecule has 0 atom stereocenters. The molecule has 7 heteroatoms. The van der Waals surface area contributed by atoms with E-state index in [9.17, 15) is 9.18 Å². The zero-order valence-electron chi connectivity index (χ0n) is 17.1. The number of pyridine rings is 3. The van der Waals surface area contributed by atoms with Gasteiger partial charge in [0.1, 0.15) is 11.6 Å². The third-order valence-electron chi connectivity index (χ3n) is 5.07. The fraction of sp³-hybridized carbons (Fsp3) is 0.261. The number of hydrogen-bond donors (Lipinski definition) is 1. The summed E-state index contributed by atoms with van der Waals surface area (Å²) >= 11 is 0. The van der Waals surface area contributed by atoms with Gasteiger partial charge in [0.2, 0.25) is 0 Å². The van der Waals surface area contributed by atoms with Crippen molar-refractivity contribution in [2.24, 2.45) is 0 Å². The molecule has 4 aromatic rings. The molecule has 0 unspecified atom stereocenters. The number of halogens is 1. The van der Waals surface area contributed by atoms with E-state index in [2.05, 4.69) is 19.8 Å². The van der Waals surface area contributed by atoms with Crippen molar-refractivity contribution in [3.8, 4) is 0 Å². The lowest BCUT2D eigenvalue weighted by atomic mass is 10.1. The van der Waals surface area contributed by atoms with Gasteiger partial charge in [-0.15, -0.1) is 0 Å². The van der Waals surface area contributed by atoms with Crippen LogP contribution in [0.2, 0.25) is 0 Å². The highest BCUT2D eigenvalue weighted by molar-refractivity contribution is 6.09. The largest absolute Gasteiger partial charge is 0.350 e. The molecule has 0 aliphatic heterocycles. The third-order valence-corrected chi connectivity index (χ3v) is 5.07. The summed E-state index contributed by atoms with van der Waals surface area (Å²) in [5.74, 6) is 0.348. The van der Waals surface area contributed by atoms with Crippen LogP contribution in [0.1, 0.15) is 12.1 Å². The SMILES string of the molecule is CN(C)CCCN(Cc1ccccn1)c1nc2cc[nH]c(=O)c2c2cc(F)ccc12. The maximum Gasteiger partial charge on any atom is 0.258 e. The van der Waals surface area contributed by atoms with E-state index in [1.54, 1.807) is 24.5 Å². The van der Waals surface area contributed by atoms with Gasteiger partial charge in [0.05, 0.1) is 23.1 Å². The van der Waals surface area contributed by atoms with Gasteiger partial charge in [0, 0.05) is 29.7 Å². The summed E-state index contributed by atoms with van der Waals surface area (Å²) < 4.78 is 14.1. The minimum atomic E-state index is -0.381. The highest BCUT2D eigenvalue weighted by atomic mass is 19.1. The first-order valence-corrected chi connectivity index (χ1v) is 9.93. The molecule has 6 nitrogen and oxygen atoms in total. The number of fused-ring (bicyclic) bond motifs is 3. The molecule has 0 saturated heterocycles. The molecule has 1 aromatic carbocycles. The number of aromatic amines is 1. The van der Waals surface area contributed by atoms with E-state index in [1.165, 1.54) is 12.1 Å². The number of nitrogens with one attached hydrogen (secondary N) is 1. The van der Waals surface area contributed by atoms with Gasteiger partial charge in [0.25, 0.3) is 5.56 Å². The third kappa shape index (κ3) is 4.16. The topological polar surface area (TPSA) is 65.1 Å². The van der Waals surface area contributed by atoms with Crippen molar-refractivity contribution in [3.63, 3.8) is 0 Å².